The van der Waals surface area contributed by atoms with Gasteiger partial charge in [-0.05, 0) is 50.2 Å². The van der Waals surface area contributed by atoms with Crippen LogP contribution >= 0.6 is 11.6 Å². The maximum atomic E-state index is 10.0. The Bertz CT molecular complexity index is 464. The predicted molar refractivity (Wildman–Crippen MR) is 93.2 cm³/mol. The molecule has 0 saturated carbocycles. The Morgan fingerprint density at radius 3 is 2.59 bits per heavy atom. The molecule has 4 nitrogen and oxygen atoms in total. The smallest absolute Gasteiger partial charge is 0.123 e. The first-order chi connectivity index (χ1) is 10.3. The molecular formula is C17H29ClN2O2. The number of hydrogen-bond acceptors (Lipinski definition) is 4. The van der Waals surface area contributed by atoms with Gasteiger partial charge in [-0.25, -0.2) is 0 Å². The van der Waals surface area contributed by atoms with Crippen LogP contribution in [-0.2, 0) is 0 Å². The zero-order chi connectivity index (χ0) is 16.7. The minimum Gasteiger partial charge on any atom is -0.491 e. The summed E-state index contributed by atoms with van der Waals surface area (Å²) in [6.07, 6.45) is -0.529. The first-order valence-corrected chi connectivity index (χ1v) is 8.15. The number of aliphatic hydroxyl groups excluding tert-OH is 1. The zero-order valence-corrected chi connectivity index (χ0v) is 15.1. The van der Waals surface area contributed by atoms with Gasteiger partial charge in [0.15, 0.2) is 0 Å². The Morgan fingerprint density at radius 2 is 2.00 bits per heavy atom. The molecular weight excluding hydrogens is 300 g/mol. The first-order valence-electron chi connectivity index (χ1n) is 7.77. The van der Waals surface area contributed by atoms with Crippen LogP contribution in [0.3, 0.4) is 0 Å². The summed E-state index contributed by atoms with van der Waals surface area (Å²) in [4.78, 5) is 2.10. The van der Waals surface area contributed by atoms with E-state index in [0.29, 0.717) is 12.5 Å². The Hall–Kier alpha value is -0.810. The van der Waals surface area contributed by atoms with Crippen molar-refractivity contribution in [2.75, 3.05) is 40.3 Å². The second-order valence-corrected chi connectivity index (χ2v) is 6.67. The van der Waals surface area contributed by atoms with Crippen LogP contribution in [0.15, 0.2) is 12.1 Å². The van der Waals surface area contributed by atoms with Crippen molar-refractivity contribution in [1.82, 2.24) is 10.2 Å². The van der Waals surface area contributed by atoms with Crippen LogP contribution in [0.4, 0.5) is 0 Å². The van der Waals surface area contributed by atoms with Gasteiger partial charge in [0.1, 0.15) is 18.5 Å². The fourth-order valence-corrected chi connectivity index (χ4v) is 2.23. The van der Waals surface area contributed by atoms with Crippen molar-refractivity contribution >= 4 is 11.6 Å². The number of aliphatic hydroxyl groups is 1. The van der Waals surface area contributed by atoms with Gasteiger partial charge in [0.25, 0.3) is 0 Å². The lowest BCUT2D eigenvalue weighted by atomic mass is 10.0. The largest absolute Gasteiger partial charge is 0.491 e. The molecule has 1 aromatic rings. The van der Waals surface area contributed by atoms with Crippen LogP contribution in [-0.4, -0.2) is 56.4 Å². The third-order valence-corrected chi connectivity index (χ3v) is 3.87. The van der Waals surface area contributed by atoms with Gasteiger partial charge in [-0.1, -0.05) is 25.4 Å². The highest BCUT2D eigenvalue weighted by Crippen LogP contribution is 2.32. The summed E-state index contributed by atoms with van der Waals surface area (Å²) in [5.41, 5.74) is 2.06. The summed E-state index contributed by atoms with van der Waals surface area (Å²) in [6, 6.07) is 3.91. The molecule has 0 aliphatic rings. The van der Waals surface area contributed by atoms with E-state index < -0.39 is 6.10 Å². The highest BCUT2D eigenvalue weighted by atomic mass is 35.5. The topological polar surface area (TPSA) is 44.7 Å². The monoisotopic (exact) mass is 328 g/mol. The third kappa shape index (κ3) is 6.53. The summed E-state index contributed by atoms with van der Waals surface area (Å²) in [6.45, 7) is 8.76. The van der Waals surface area contributed by atoms with E-state index in [-0.39, 0.29) is 6.61 Å². The van der Waals surface area contributed by atoms with Crippen LogP contribution < -0.4 is 10.1 Å². The third-order valence-electron chi connectivity index (χ3n) is 3.46. The zero-order valence-electron chi connectivity index (χ0n) is 14.3. The summed E-state index contributed by atoms with van der Waals surface area (Å²) in [5, 5.41) is 14.0. The Labute approximate surface area is 139 Å². The molecule has 0 aliphatic heterocycles. The Balaban J connectivity index is 2.51. The summed E-state index contributed by atoms with van der Waals surface area (Å²) >= 11 is 6.18. The van der Waals surface area contributed by atoms with Gasteiger partial charge >= 0.3 is 0 Å². The van der Waals surface area contributed by atoms with Gasteiger partial charge < -0.3 is 20.1 Å². The minimum absolute atomic E-state index is 0.274. The molecule has 22 heavy (non-hydrogen) atoms. The number of likely N-dealkylation sites (N-methyl/N-ethyl adjacent to an activating group) is 1. The van der Waals surface area contributed by atoms with Crippen molar-refractivity contribution in [2.24, 2.45) is 0 Å². The van der Waals surface area contributed by atoms with E-state index in [9.17, 15) is 5.11 Å². The SMILES string of the molecule is Cc1cc(OC[C@@H](O)CNCCN(C)C)c(C(C)C)cc1Cl. The second-order valence-electron chi connectivity index (χ2n) is 6.27. The fourth-order valence-electron chi connectivity index (χ4n) is 2.06. The number of hydrogen-bond donors (Lipinski definition) is 2. The molecule has 5 heteroatoms. The number of ether oxygens (including phenoxy) is 1. The normalized spacial score (nSPS) is 13.0. The van der Waals surface area contributed by atoms with E-state index in [0.717, 1.165) is 35.0 Å². The standard InChI is InChI=1S/C17H29ClN2O2/c1-12(2)15-9-16(18)13(3)8-17(15)22-11-14(21)10-19-6-7-20(4)5/h8-9,12,14,19,21H,6-7,10-11H2,1-5H3/t14-/m0/s1. The van der Waals surface area contributed by atoms with Gasteiger partial charge in [-0.3, -0.25) is 0 Å². The number of rotatable bonds is 9. The highest BCUT2D eigenvalue weighted by molar-refractivity contribution is 6.31. The molecule has 0 spiro atoms. The summed E-state index contributed by atoms with van der Waals surface area (Å²) in [7, 11) is 4.05. The van der Waals surface area contributed by atoms with Crippen molar-refractivity contribution in [3.8, 4) is 5.75 Å². The number of aryl methyl sites for hydroxylation is 1. The van der Waals surface area contributed by atoms with E-state index in [1.165, 1.54) is 0 Å². The second kappa shape index (κ2) is 9.36. The molecule has 0 aliphatic carbocycles. The van der Waals surface area contributed by atoms with Crippen LogP contribution in [0.1, 0.15) is 30.9 Å². The van der Waals surface area contributed by atoms with Crippen LogP contribution in [0.5, 0.6) is 5.75 Å². The van der Waals surface area contributed by atoms with E-state index in [2.05, 4.69) is 24.1 Å². The molecule has 0 aromatic heterocycles. The van der Waals surface area contributed by atoms with Gasteiger partial charge in [0.2, 0.25) is 0 Å². The van der Waals surface area contributed by atoms with Crippen molar-refractivity contribution in [1.29, 1.82) is 0 Å². The lowest BCUT2D eigenvalue weighted by molar-refractivity contribution is 0.105. The molecule has 1 rings (SSSR count). The minimum atomic E-state index is -0.529. The average Bonchev–Trinajstić information content (AvgIpc) is 2.44. The molecule has 0 bridgehead atoms. The molecule has 1 aromatic carbocycles. The molecule has 0 amide bonds. The highest BCUT2D eigenvalue weighted by Gasteiger charge is 2.13. The van der Waals surface area contributed by atoms with Crippen molar-refractivity contribution in [2.45, 2.75) is 32.8 Å². The van der Waals surface area contributed by atoms with Gasteiger partial charge in [0, 0.05) is 24.7 Å². The fraction of sp³-hybridized carbons (Fsp3) is 0.647. The van der Waals surface area contributed by atoms with Crippen molar-refractivity contribution in [3.63, 3.8) is 0 Å². The van der Waals surface area contributed by atoms with Crippen LogP contribution in [0, 0.1) is 6.92 Å². The van der Waals surface area contributed by atoms with E-state index in [4.69, 9.17) is 16.3 Å². The van der Waals surface area contributed by atoms with Gasteiger partial charge in [-0.15, -0.1) is 0 Å². The van der Waals surface area contributed by atoms with Crippen molar-refractivity contribution < 1.29 is 9.84 Å². The van der Waals surface area contributed by atoms with Gasteiger partial charge in [0.05, 0.1) is 0 Å². The number of nitrogens with one attached hydrogen (secondary N) is 1. The quantitative estimate of drug-likeness (QED) is 0.684. The molecule has 0 saturated heterocycles. The molecule has 0 radical (unpaired) electrons. The number of halogens is 1. The molecule has 0 unspecified atom stereocenters. The Morgan fingerprint density at radius 1 is 1.32 bits per heavy atom. The average molecular weight is 329 g/mol. The van der Waals surface area contributed by atoms with Gasteiger partial charge in [-0.2, -0.15) is 0 Å². The van der Waals surface area contributed by atoms with E-state index >= 15 is 0 Å². The Kier molecular flexibility index (Phi) is 8.18. The molecule has 0 fully saturated rings. The molecule has 1 atom stereocenters. The van der Waals surface area contributed by atoms with E-state index in [1.54, 1.807) is 0 Å². The van der Waals surface area contributed by atoms with Crippen LogP contribution in [0.25, 0.3) is 0 Å². The molecule has 2 N–H and O–H groups in total. The summed E-state index contributed by atoms with van der Waals surface area (Å²) < 4.78 is 5.82. The lowest BCUT2D eigenvalue weighted by Gasteiger charge is -2.18. The maximum absolute atomic E-state index is 10.0. The molecule has 0 heterocycles. The van der Waals surface area contributed by atoms with Crippen LogP contribution in [0.2, 0.25) is 5.02 Å². The molecule has 126 valence electrons. The summed E-state index contributed by atoms with van der Waals surface area (Å²) in [5.74, 6) is 1.13. The number of benzene rings is 1. The van der Waals surface area contributed by atoms with Crippen molar-refractivity contribution in [3.05, 3.63) is 28.3 Å². The predicted octanol–water partition coefficient (Wildman–Crippen LogP) is 2.66. The lowest BCUT2D eigenvalue weighted by Crippen LogP contribution is -2.35. The maximum Gasteiger partial charge on any atom is 0.123 e. The first kappa shape index (κ1) is 19.2. The number of nitrogens with zero attached hydrogens (tertiary/aromatic N) is 1. The van der Waals surface area contributed by atoms with E-state index in [1.807, 2.05) is 33.2 Å².